The second kappa shape index (κ2) is 43.2. The van der Waals surface area contributed by atoms with E-state index in [9.17, 15) is 154 Å². The lowest BCUT2D eigenvalue weighted by Crippen LogP contribution is -2.65. The van der Waals surface area contributed by atoms with Gasteiger partial charge in [0, 0.05) is 54.8 Å². The molecule has 16 N–H and O–H groups in total. The first-order valence-electron chi connectivity index (χ1n) is 40.7. The lowest BCUT2D eigenvalue weighted by molar-refractivity contribution is -0.178. The molecule has 133 heavy (non-hydrogen) atoms. The number of hydrogen-bond donors (Lipinski definition) is 16. The minimum atomic E-state index is -2.42. The number of halogens is 15. The van der Waals surface area contributed by atoms with Crippen LogP contribution in [-0.2, 0) is 81.4 Å². The molecule has 11 amide bonds. The van der Waals surface area contributed by atoms with Gasteiger partial charge in [0.25, 0.3) is 23.6 Å². The number of likely N-dealkylation sites (N-methyl/N-ethyl adjacent to an activating group) is 1. The summed E-state index contributed by atoms with van der Waals surface area (Å²) in [5.74, 6) is -53.3. The first-order chi connectivity index (χ1) is 62.6. The zero-order chi connectivity index (χ0) is 98.2. The van der Waals surface area contributed by atoms with Crippen LogP contribution in [0.15, 0.2) is 72.8 Å². The number of nitrogens with one attached hydrogen (secondary N) is 10. The Bertz CT molecular complexity index is 5190. The number of benzene rings is 6. The molecular formula is C85H88F15N11O22. The first-order valence-corrected chi connectivity index (χ1v) is 40.7. The third-order valence-corrected chi connectivity index (χ3v) is 23.3. The lowest BCUT2D eigenvalue weighted by Gasteiger charge is -2.41. The Labute approximate surface area is 743 Å². The summed E-state index contributed by atoms with van der Waals surface area (Å²) in [4.78, 5) is 160. The van der Waals surface area contributed by atoms with Gasteiger partial charge in [-0.25, -0.2) is 65.9 Å². The van der Waals surface area contributed by atoms with Gasteiger partial charge in [-0.05, 0) is 64.1 Å². The molecule has 6 aromatic carbocycles. The van der Waals surface area contributed by atoms with E-state index in [1.165, 1.54) is 108 Å². The summed E-state index contributed by atoms with van der Waals surface area (Å²) in [5, 5.41) is 87.6. The predicted octanol–water partition coefficient (Wildman–Crippen LogP) is 2.45. The van der Waals surface area contributed by atoms with Crippen molar-refractivity contribution in [1.29, 1.82) is 0 Å². The third kappa shape index (κ3) is 22.4. The van der Waals surface area contributed by atoms with Crippen molar-refractivity contribution in [1.82, 2.24) is 58.1 Å². The fraction of sp³-hybridized carbons (Fsp3) is 0.435. The molecular weight excluding hydrogens is 1810 g/mol. The molecule has 6 fully saturated rings. The maximum Gasteiger partial charge on any atom is 0.312 e. The average molecular weight is 1900 g/mol. The summed E-state index contributed by atoms with van der Waals surface area (Å²) in [7, 11) is 1.28. The van der Waals surface area contributed by atoms with Gasteiger partial charge in [-0.1, -0.05) is 50.2 Å². The lowest BCUT2D eigenvalue weighted by atomic mass is 9.88. The molecule has 6 aliphatic heterocycles. The molecule has 0 aromatic heterocycles. The minimum absolute atomic E-state index is 0.0213. The van der Waals surface area contributed by atoms with Crippen molar-refractivity contribution in [2.24, 2.45) is 35.5 Å². The fourth-order valence-corrected chi connectivity index (χ4v) is 15.1. The summed E-state index contributed by atoms with van der Waals surface area (Å²) in [5.41, 5.74) is -4.90. The highest BCUT2D eigenvalue weighted by Gasteiger charge is 2.49. The number of esters is 1. The van der Waals surface area contributed by atoms with E-state index < -0.39 is 338 Å². The van der Waals surface area contributed by atoms with Crippen molar-refractivity contribution in [3.05, 3.63) is 193 Å². The summed E-state index contributed by atoms with van der Waals surface area (Å²) >= 11 is 0. The van der Waals surface area contributed by atoms with Gasteiger partial charge in [0.1, 0.15) is 47.5 Å². The molecule has 6 aliphatic rings. The van der Waals surface area contributed by atoms with Crippen LogP contribution in [0.2, 0.25) is 0 Å². The molecule has 0 saturated carbocycles. The highest BCUT2D eigenvalue weighted by atomic mass is 19.2. The maximum atomic E-state index is 14.7. The maximum absolute atomic E-state index is 14.7. The number of rotatable bonds is 15. The van der Waals surface area contributed by atoms with Gasteiger partial charge in [-0.15, -0.1) is 0 Å². The van der Waals surface area contributed by atoms with E-state index in [4.69, 9.17) is 18.9 Å². The summed E-state index contributed by atoms with van der Waals surface area (Å²) in [6.07, 6.45) is -11.1. The Kier molecular flexibility index (Phi) is 33.2. The van der Waals surface area contributed by atoms with Crippen LogP contribution in [-0.4, -0.2) is 244 Å². The molecule has 6 saturated heterocycles. The Morgan fingerprint density at radius 1 is 0.353 bits per heavy atom. The fourth-order valence-electron chi connectivity index (χ4n) is 15.1. The summed E-state index contributed by atoms with van der Waals surface area (Å²) in [6.45, 7) is 7.78. The number of ether oxygens (including phenoxy) is 4. The van der Waals surface area contributed by atoms with Crippen molar-refractivity contribution in [2.75, 3.05) is 46.7 Å². The van der Waals surface area contributed by atoms with Gasteiger partial charge < -0.3 is 108 Å². The van der Waals surface area contributed by atoms with Crippen LogP contribution in [0.1, 0.15) is 89.3 Å². The molecule has 0 bridgehead atoms. The van der Waals surface area contributed by atoms with Crippen LogP contribution in [0.5, 0.6) is 17.2 Å². The molecule has 3 unspecified atom stereocenters. The average Bonchev–Trinajstić information content (AvgIpc) is 0.776. The predicted molar refractivity (Wildman–Crippen MR) is 423 cm³/mol. The van der Waals surface area contributed by atoms with E-state index >= 15 is 0 Å². The Morgan fingerprint density at radius 2 is 0.639 bits per heavy atom. The smallest absolute Gasteiger partial charge is 0.312 e. The number of carbonyl (C=O) groups is 12. The van der Waals surface area contributed by atoms with Gasteiger partial charge in [-0.2, -0.15) is 0 Å². The van der Waals surface area contributed by atoms with E-state index in [0.717, 1.165) is 18.7 Å². The van der Waals surface area contributed by atoms with Crippen LogP contribution in [0.4, 0.5) is 65.9 Å². The number of para-hydroxylation sites is 3. The van der Waals surface area contributed by atoms with E-state index in [2.05, 4.69) is 53.2 Å². The highest BCUT2D eigenvalue weighted by molar-refractivity contribution is 6.02. The second-order valence-electron chi connectivity index (χ2n) is 32.4. The number of hydrogen-bond acceptors (Lipinski definition) is 22. The topological polar surface area (TPSA) is 487 Å². The second-order valence-corrected chi connectivity index (χ2v) is 32.4. The van der Waals surface area contributed by atoms with E-state index in [0.29, 0.717) is 0 Å². The number of aliphatic hydroxyl groups excluding tert-OH is 3. The van der Waals surface area contributed by atoms with Crippen molar-refractivity contribution in [2.45, 2.75) is 152 Å². The number of carbonyl (C=O) groups excluding carboxylic acids is 12. The van der Waals surface area contributed by atoms with Gasteiger partial charge >= 0.3 is 5.97 Å². The van der Waals surface area contributed by atoms with Gasteiger partial charge in [0.05, 0.1) is 135 Å². The molecule has 6 heterocycles. The molecule has 33 nitrogen and oxygen atoms in total. The molecule has 0 spiro atoms. The number of aliphatic hydroxyl groups is 3. The minimum Gasteiger partial charge on any atom is -0.507 e. The molecule has 18 atom stereocenters. The Morgan fingerprint density at radius 3 is 0.947 bits per heavy atom. The first kappa shape index (κ1) is 102. The van der Waals surface area contributed by atoms with Crippen LogP contribution in [0, 0.1) is 123 Å². The number of aromatic hydroxyl groups is 3. The van der Waals surface area contributed by atoms with E-state index in [-0.39, 0.29) is 56.3 Å². The number of cyclic esters (lactones) is 1. The molecule has 0 radical (unpaired) electrons. The number of nitrogens with zero attached hydrogens (tertiary/aromatic N) is 1. The number of phenols is 3. The van der Waals surface area contributed by atoms with Crippen LogP contribution in [0.3, 0.4) is 0 Å². The number of amides is 11. The van der Waals surface area contributed by atoms with Gasteiger partial charge in [-0.3, -0.25) is 57.5 Å². The number of phenolic OH excluding ortho intramolecular Hbond substituents is 3. The largest absolute Gasteiger partial charge is 0.507 e. The molecule has 720 valence electrons. The third-order valence-electron chi connectivity index (χ3n) is 23.3. The van der Waals surface area contributed by atoms with Crippen molar-refractivity contribution < 1.29 is 173 Å². The van der Waals surface area contributed by atoms with Crippen molar-refractivity contribution in [3.63, 3.8) is 0 Å². The normalized spacial score (nSPS) is 26.7. The van der Waals surface area contributed by atoms with Gasteiger partial charge in [0.15, 0.2) is 75.9 Å². The highest BCUT2D eigenvalue weighted by Crippen LogP contribution is 2.34. The standard InChI is InChI=1S/C29H31F5N4O7.C28H29F5N4O7.C28H28F5N3O8/c1-11-25(40)16(8-15-18(30)20(32)22(34)21(33)19(15)31)36-27(42)23(37-26(41)14-6-4-5-7-17(14)39)12(2)35-28(43)24(13-9-45-10-13)38(3)29(11)44;1-10-24(39)15(7-14-17(29)19(31)21(33)20(32)18(14)30)35-27(42)22(36-26(41)13-5-3-4-6-16(13)38)11(2)34-28(43)23(37-25(10)40)12-8-44-9-12;1-10-23(38)15(7-14-17(29)19(31)21(33)20(32)18(14)30)35-26(40)22(36-25(39)13-5-3-4-6-16(13)37)11(2)34-27(41)24(44-28(10)42)12-8-43-9-12/h4-7,11-13,16,23-25,39-40H,8-10H2,1-3H3,(H,35,43)(H,36,42)(H,37,41);3-6,10-12,15,22-24,38-39H,7-9H2,1-2H3,(H,34,43)(H,35,42)(H,36,41)(H,37,40);3-6,10-12,15,22-24,37-38H,7-9H2,1-2H3,(H,34,41)(H,35,40)(H,36,39)/t11-,12-,16+,23+,24?,25+;10-,11-,15+,22+,23?,24+;10-,11-,15+,22+,23+,24?/m111/s1. The molecule has 12 rings (SSSR count). The van der Waals surface area contributed by atoms with Crippen molar-refractivity contribution >= 4 is 70.9 Å². The quantitative estimate of drug-likeness (QED) is 0.0304. The summed E-state index contributed by atoms with van der Waals surface area (Å²) < 4.78 is 234. The van der Waals surface area contributed by atoms with Crippen LogP contribution >= 0.6 is 0 Å². The molecule has 0 aliphatic carbocycles. The zero-order valence-electron chi connectivity index (χ0n) is 70.7. The van der Waals surface area contributed by atoms with Gasteiger partial charge in [0.2, 0.25) is 58.8 Å². The van der Waals surface area contributed by atoms with Crippen LogP contribution < -0.4 is 53.2 Å². The molecule has 6 aromatic rings. The summed E-state index contributed by atoms with van der Waals surface area (Å²) in [6, 6.07) is -0.976. The SMILES string of the molecule is C[C@H]1NC(=O)C(C2COC2)N(C)C(=O)[C@H](C)[C@H](O)[C@H](Cc2c(F)c(F)c(F)c(F)c2F)NC(=O)[C@H]1NC(=O)c1ccccc1O.C[C@H]1NC(=O)C(C2COC2)NC(=O)[C@H](C)[C@H](O)[C@H](Cc2c(F)c(F)c(F)c(F)c2F)NC(=O)[C@H]1NC(=O)c1ccccc1O.C[C@H]1NC(=O)C(C2COC2)OC(=O)[C@H](C)[C@H](O)[C@H](Cc2c(F)c(F)c(F)c(F)c2F)NC(=O)[C@H]1NC(=O)c1ccccc1O. The Balaban J connectivity index is 0.000000207. The van der Waals surface area contributed by atoms with Crippen LogP contribution in [0.25, 0.3) is 0 Å². The molecule has 48 heteroatoms. The van der Waals surface area contributed by atoms with E-state index in [1.54, 1.807) is 0 Å². The van der Waals surface area contributed by atoms with Crippen molar-refractivity contribution in [3.8, 4) is 17.2 Å². The monoisotopic (exact) mass is 1900 g/mol. The zero-order valence-corrected chi connectivity index (χ0v) is 70.7. The Hall–Kier alpha value is -12.9. The van der Waals surface area contributed by atoms with E-state index in [1.807, 2.05) is 0 Å².